The minimum atomic E-state index is -3.12. The third-order valence-electron chi connectivity index (χ3n) is 1.99. The van der Waals surface area contributed by atoms with E-state index < -0.39 is 9.84 Å². The molecule has 14 heavy (non-hydrogen) atoms. The Bertz CT molecular complexity index is 397. The van der Waals surface area contributed by atoms with Crippen LogP contribution in [-0.2, 0) is 9.84 Å². The van der Waals surface area contributed by atoms with Gasteiger partial charge in [0.2, 0.25) is 0 Å². The molecule has 0 aromatic heterocycles. The van der Waals surface area contributed by atoms with Crippen LogP contribution in [0.2, 0.25) is 0 Å². The van der Waals surface area contributed by atoms with Gasteiger partial charge in [0.15, 0.2) is 9.84 Å². The molecule has 0 aliphatic heterocycles. The molecule has 78 valence electrons. The van der Waals surface area contributed by atoms with E-state index in [0.29, 0.717) is 11.4 Å². The highest BCUT2D eigenvalue weighted by Crippen LogP contribution is 2.13. The standard InChI is InChI=1S/C9H14N2O2S/c1-14(12,13)8-4-2-7(3-5-8)9(11)6-10/h2-5,9H,6,10-11H2,1H3. The van der Waals surface area contributed by atoms with Crippen LogP contribution in [0.4, 0.5) is 0 Å². The Hall–Kier alpha value is -0.910. The van der Waals surface area contributed by atoms with Crippen molar-refractivity contribution in [2.75, 3.05) is 12.8 Å². The maximum absolute atomic E-state index is 11.1. The van der Waals surface area contributed by atoms with Crippen molar-refractivity contribution in [2.24, 2.45) is 11.5 Å². The Morgan fingerprint density at radius 3 is 2.14 bits per heavy atom. The van der Waals surface area contributed by atoms with Gasteiger partial charge in [0.05, 0.1) is 4.90 Å². The quantitative estimate of drug-likeness (QED) is 0.744. The molecule has 4 nitrogen and oxygen atoms in total. The van der Waals surface area contributed by atoms with Crippen LogP contribution in [0.25, 0.3) is 0 Å². The normalized spacial score (nSPS) is 13.9. The van der Waals surface area contributed by atoms with Crippen LogP contribution >= 0.6 is 0 Å². The summed E-state index contributed by atoms with van der Waals surface area (Å²) in [5, 5.41) is 0. The number of nitrogens with two attached hydrogens (primary N) is 2. The maximum Gasteiger partial charge on any atom is 0.175 e. The number of hydrogen-bond acceptors (Lipinski definition) is 4. The minimum Gasteiger partial charge on any atom is -0.329 e. The summed E-state index contributed by atoms with van der Waals surface area (Å²) in [6.07, 6.45) is 1.17. The summed E-state index contributed by atoms with van der Waals surface area (Å²) in [7, 11) is -3.12. The molecular weight excluding hydrogens is 200 g/mol. The summed E-state index contributed by atoms with van der Waals surface area (Å²) < 4.78 is 22.3. The minimum absolute atomic E-state index is 0.233. The van der Waals surface area contributed by atoms with Crippen LogP contribution in [0, 0.1) is 0 Å². The van der Waals surface area contributed by atoms with E-state index in [2.05, 4.69) is 0 Å². The SMILES string of the molecule is CS(=O)(=O)c1ccc(C(N)CN)cc1. The van der Waals surface area contributed by atoms with Gasteiger partial charge in [-0.3, -0.25) is 0 Å². The topological polar surface area (TPSA) is 86.2 Å². The summed E-state index contributed by atoms with van der Waals surface area (Å²) >= 11 is 0. The number of hydrogen-bond donors (Lipinski definition) is 2. The highest BCUT2D eigenvalue weighted by molar-refractivity contribution is 7.90. The van der Waals surface area contributed by atoms with Gasteiger partial charge in [0.1, 0.15) is 0 Å². The Balaban J connectivity index is 3.01. The first-order valence-electron chi connectivity index (χ1n) is 4.21. The van der Waals surface area contributed by atoms with E-state index in [1.54, 1.807) is 24.3 Å². The fourth-order valence-corrected chi connectivity index (χ4v) is 1.73. The third kappa shape index (κ3) is 2.54. The molecule has 4 N–H and O–H groups in total. The lowest BCUT2D eigenvalue weighted by atomic mass is 10.1. The molecule has 1 aromatic rings. The van der Waals surface area contributed by atoms with E-state index in [-0.39, 0.29) is 6.04 Å². The van der Waals surface area contributed by atoms with Crippen molar-refractivity contribution in [3.63, 3.8) is 0 Å². The van der Waals surface area contributed by atoms with Crippen molar-refractivity contribution in [2.45, 2.75) is 10.9 Å². The predicted octanol–water partition coefficient (Wildman–Crippen LogP) is 0.0486. The van der Waals surface area contributed by atoms with Gasteiger partial charge in [-0.1, -0.05) is 12.1 Å². The smallest absolute Gasteiger partial charge is 0.175 e. The third-order valence-corrected chi connectivity index (χ3v) is 3.12. The molecule has 0 aliphatic carbocycles. The molecule has 1 unspecified atom stereocenters. The molecule has 0 bridgehead atoms. The highest BCUT2D eigenvalue weighted by atomic mass is 32.2. The van der Waals surface area contributed by atoms with Crippen molar-refractivity contribution in [1.82, 2.24) is 0 Å². The first kappa shape index (κ1) is 11.2. The number of sulfone groups is 1. The van der Waals surface area contributed by atoms with E-state index in [1.807, 2.05) is 0 Å². The molecule has 1 rings (SSSR count). The zero-order valence-corrected chi connectivity index (χ0v) is 8.79. The van der Waals surface area contributed by atoms with Gasteiger partial charge in [-0.05, 0) is 17.7 Å². The van der Waals surface area contributed by atoms with Crippen LogP contribution in [0.3, 0.4) is 0 Å². The molecule has 0 saturated carbocycles. The maximum atomic E-state index is 11.1. The molecule has 0 aliphatic rings. The highest BCUT2D eigenvalue weighted by Gasteiger charge is 2.08. The van der Waals surface area contributed by atoms with Crippen LogP contribution in [0.15, 0.2) is 29.2 Å². The van der Waals surface area contributed by atoms with Crippen LogP contribution < -0.4 is 11.5 Å². The van der Waals surface area contributed by atoms with E-state index >= 15 is 0 Å². The summed E-state index contributed by atoms with van der Waals surface area (Å²) in [5.74, 6) is 0. The van der Waals surface area contributed by atoms with Gasteiger partial charge < -0.3 is 11.5 Å². The second kappa shape index (κ2) is 4.08. The first-order valence-corrected chi connectivity index (χ1v) is 6.10. The summed E-state index contributed by atoms with van der Waals surface area (Å²) in [6.45, 7) is 0.345. The molecule has 0 amide bonds. The van der Waals surface area contributed by atoms with Crippen LogP contribution in [0.5, 0.6) is 0 Å². The van der Waals surface area contributed by atoms with E-state index in [9.17, 15) is 8.42 Å². The molecule has 1 aromatic carbocycles. The average molecular weight is 214 g/mol. The Morgan fingerprint density at radius 1 is 1.29 bits per heavy atom. The molecule has 0 spiro atoms. The predicted molar refractivity (Wildman–Crippen MR) is 55.5 cm³/mol. The van der Waals surface area contributed by atoms with Crippen molar-refractivity contribution in [1.29, 1.82) is 0 Å². The molecule has 0 radical (unpaired) electrons. The second-order valence-electron chi connectivity index (χ2n) is 3.18. The Labute approximate surface area is 83.8 Å². The second-order valence-corrected chi connectivity index (χ2v) is 5.20. The first-order chi connectivity index (χ1) is 6.45. The fraction of sp³-hybridized carbons (Fsp3) is 0.333. The van der Waals surface area contributed by atoms with Crippen molar-refractivity contribution < 1.29 is 8.42 Å². The zero-order chi connectivity index (χ0) is 10.8. The molecular formula is C9H14N2O2S. The lowest BCUT2D eigenvalue weighted by molar-refractivity contribution is 0.601. The average Bonchev–Trinajstić information content (AvgIpc) is 2.15. The fourth-order valence-electron chi connectivity index (χ4n) is 1.10. The lowest BCUT2D eigenvalue weighted by Crippen LogP contribution is -2.20. The van der Waals surface area contributed by atoms with Crippen molar-refractivity contribution >= 4 is 9.84 Å². The summed E-state index contributed by atoms with van der Waals surface area (Å²) in [4.78, 5) is 0.297. The van der Waals surface area contributed by atoms with E-state index in [4.69, 9.17) is 11.5 Å². The lowest BCUT2D eigenvalue weighted by Gasteiger charge is -2.08. The van der Waals surface area contributed by atoms with Crippen molar-refractivity contribution in [3.05, 3.63) is 29.8 Å². The molecule has 0 heterocycles. The van der Waals surface area contributed by atoms with Gasteiger partial charge in [-0.15, -0.1) is 0 Å². The van der Waals surface area contributed by atoms with Crippen LogP contribution in [-0.4, -0.2) is 21.2 Å². The molecule has 1 atom stereocenters. The molecule has 0 saturated heterocycles. The van der Waals surface area contributed by atoms with Gasteiger partial charge >= 0.3 is 0 Å². The van der Waals surface area contributed by atoms with Gasteiger partial charge in [0, 0.05) is 18.8 Å². The molecule has 0 fully saturated rings. The Morgan fingerprint density at radius 2 is 1.79 bits per heavy atom. The number of benzene rings is 1. The van der Waals surface area contributed by atoms with E-state index in [1.165, 1.54) is 6.26 Å². The van der Waals surface area contributed by atoms with Gasteiger partial charge in [-0.2, -0.15) is 0 Å². The van der Waals surface area contributed by atoms with Crippen LogP contribution in [0.1, 0.15) is 11.6 Å². The largest absolute Gasteiger partial charge is 0.329 e. The monoisotopic (exact) mass is 214 g/mol. The summed E-state index contributed by atoms with van der Waals surface area (Å²) in [6, 6.07) is 6.23. The summed E-state index contributed by atoms with van der Waals surface area (Å²) in [5.41, 5.74) is 11.9. The zero-order valence-electron chi connectivity index (χ0n) is 7.97. The number of rotatable bonds is 3. The molecule has 5 heteroatoms. The van der Waals surface area contributed by atoms with Gasteiger partial charge in [-0.25, -0.2) is 8.42 Å². The van der Waals surface area contributed by atoms with E-state index in [0.717, 1.165) is 5.56 Å². The van der Waals surface area contributed by atoms with Crippen molar-refractivity contribution in [3.8, 4) is 0 Å². The van der Waals surface area contributed by atoms with Gasteiger partial charge in [0.25, 0.3) is 0 Å². The Kier molecular flexibility index (Phi) is 3.25.